The number of unbranched alkanes of at least 4 members (excludes halogenated alkanes) is 5. The Labute approximate surface area is 173 Å². The first-order valence-corrected chi connectivity index (χ1v) is 8.81. The lowest BCUT2D eigenvalue weighted by Gasteiger charge is -2.27. The third kappa shape index (κ3) is 14.2. The molecule has 2 saturated heterocycles. The molecule has 0 aromatic heterocycles. The van der Waals surface area contributed by atoms with Gasteiger partial charge in [0.25, 0.3) is 0 Å². The standard InChI is InChI=1S/C16H34N4.4ClH/c1(3-5-11-19-13-7-17-8-14-19)2-4-6-12-20-15-9-18-10-16-20;;;;/h17-18H,1-16H2;4*1H. The van der Waals surface area contributed by atoms with Crippen LogP contribution in [0.15, 0.2) is 0 Å². The van der Waals surface area contributed by atoms with Crippen LogP contribution in [0, 0.1) is 0 Å². The molecule has 2 aliphatic rings. The summed E-state index contributed by atoms with van der Waals surface area (Å²) in [6, 6.07) is 0. The van der Waals surface area contributed by atoms with Crippen molar-refractivity contribution in [2.75, 3.05) is 65.4 Å². The second-order valence-corrected chi connectivity index (χ2v) is 6.30. The van der Waals surface area contributed by atoms with Crippen molar-refractivity contribution in [2.45, 2.75) is 38.5 Å². The summed E-state index contributed by atoms with van der Waals surface area (Å²) < 4.78 is 0. The largest absolute Gasteiger partial charge is 0.314 e. The highest BCUT2D eigenvalue weighted by Crippen LogP contribution is 2.08. The summed E-state index contributed by atoms with van der Waals surface area (Å²) in [4.78, 5) is 5.22. The molecule has 0 aromatic carbocycles. The van der Waals surface area contributed by atoms with Gasteiger partial charge in [0.2, 0.25) is 0 Å². The normalized spacial score (nSPS) is 18.5. The van der Waals surface area contributed by atoms with Crippen LogP contribution in [-0.4, -0.2) is 75.2 Å². The average Bonchev–Trinajstić information content (AvgIpc) is 2.52. The van der Waals surface area contributed by atoms with Gasteiger partial charge in [-0.1, -0.05) is 25.7 Å². The van der Waals surface area contributed by atoms with Crippen LogP contribution in [-0.2, 0) is 0 Å². The van der Waals surface area contributed by atoms with Crippen LogP contribution in [0.5, 0.6) is 0 Å². The second-order valence-electron chi connectivity index (χ2n) is 6.30. The Kier molecular flexibility index (Phi) is 25.2. The molecular formula is C16H38Cl4N4. The molecule has 2 fully saturated rings. The zero-order chi connectivity index (χ0) is 13.9. The molecule has 8 heteroatoms. The SMILES string of the molecule is C(CCCCN1CCNCC1)CCCN1CCNCC1.Cl.Cl.Cl.Cl. The maximum Gasteiger partial charge on any atom is 0.0107 e. The molecule has 0 bridgehead atoms. The zero-order valence-corrected chi connectivity index (χ0v) is 18.1. The third-order valence-corrected chi connectivity index (χ3v) is 4.62. The molecule has 0 amide bonds. The van der Waals surface area contributed by atoms with E-state index in [1.165, 1.54) is 104 Å². The van der Waals surface area contributed by atoms with Gasteiger partial charge in [-0.15, -0.1) is 49.6 Å². The van der Waals surface area contributed by atoms with E-state index in [1.807, 2.05) is 0 Å². The maximum absolute atomic E-state index is 3.42. The van der Waals surface area contributed by atoms with E-state index < -0.39 is 0 Å². The maximum atomic E-state index is 3.42. The Morgan fingerprint density at radius 3 is 1.08 bits per heavy atom. The van der Waals surface area contributed by atoms with Crippen molar-refractivity contribution in [1.29, 1.82) is 0 Å². The van der Waals surface area contributed by atoms with E-state index in [-0.39, 0.29) is 49.6 Å². The first-order valence-electron chi connectivity index (χ1n) is 8.81. The molecule has 4 nitrogen and oxygen atoms in total. The number of hydrogen-bond acceptors (Lipinski definition) is 4. The minimum absolute atomic E-state index is 0. The van der Waals surface area contributed by atoms with Gasteiger partial charge in [-0.25, -0.2) is 0 Å². The molecule has 2 rings (SSSR count). The number of rotatable bonds is 9. The van der Waals surface area contributed by atoms with Gasteiger partial charge in [0.1, 0.15) is 0 Å². The molecule has 24 heavy (non-hydrogen) atoms. The van der Waals surface area contributed by atoms with Gasteiger partial charge in [0, 0.05) is 52.4 Å². The average molecular weight is 428 g/mol. The van der Waals surface area contributed by atoms with E-state index in [0.717, 1.165) is 0 Å². The van der Waals surface area contributed by atoms with E-state index >= 15 is 0 Å². The molecule has 2 N–H and O–H groups in total. The van der Waals surface area contributed by atoms with Crippen molar-refractivity contribution < 1.29 is 0 Å². The van der Waals surface area contributed by atoms with Gasteiger partial charge in [-0.3, -0.25) is 0 Å². The molecule has 0 spiro atoms. The number of piperazine rings is 2. The lowest BCUT2D eigenvalue weighted by Crippen LogP contribution is -2.43. The first-order chi connectivity index (χ1) is 9.95. The molecule has 0 unspecified atom stereocenters. The van der Waals surface area contributed by atoms with Crippen LogP contribution in [0.3, 0.4) is 0 Å². The fourth-order valence-electron chi connectivity index (χ4n) is 3.25. The molecule has 2 aliphatic heterocycles. The summed E-state index contributed by atoms with van der Waals surface area (Å²) in [6.45, 7) is 12.4. The molecule has 0 saturated carbocycles. The van der Waals surface area contributed by atoms with Crippen LogP contribution in [0.4, 0.5) is 0 Å². The van der Waals surface area contributed by atoms with E-state index in [4.69, 9.17) is 0 Å². The topological polar surface area (TPSA) is 30.5 Å². The highest BCUT2D eigenvalue weighted by molar-refractivity contribution is 5.86. The quantitative estimate of drug-likeness (QED) is 0.553. The summed E-state index contributed by atoms with van der Waals surface area (Å²) >= 11 is 0. The Balaban J connectivity index is -0.00000110. The van der Waals surface area contributed by atoms with Gasteiger partial charge >= 0.3 is 0 Å². The highest BCUT2D eigenvalue weighted by Gasteiger charge is 2.09. The van der Waals surface area contributed by atoms with Gasteiger partial charge in [0.15, 0.2) is 0 Å². The first kappa shape index (κ1) is 29.8. The minimum atomic E-state index is 0. The van der Waals surface area contributed by atoms with E-state index in [2.05, 4.69) is 20.4 Å². The van der Waals surface area contributed by atoms with Gasteiger partial charge in [0.05, 0.1) is 0 Å². The van der Waals surface area contributed by atoms with Crippen LogP contribution in [0.25, 0.3) is 0 Å². The molecule has 0 aromatic rings. The molecule has 0 atom stereocenters. The Hall–Kier alpha value is 1.00. The van der Waals surface area contributed by atoms with Gasteiger partial charge in [-0.2, -0.15) is 0 Å². The third-order valence-electron chi connectivity index (χ3n) is 4.62. The zero-order valence-electron chi connectivity index (χ0n) is 14.8. The van der Waals surface area contributed by atoms with Gasteiger partial charge < -0.3 is 20.4 Å². The Bertz CT molecular complexity index is 214. The predicted octanol–water partition coefficient (Wildman–Crippen LogP) is 2.82. The van der Waals surface area contributed by atoms with E-state index in [1.54, 1.807) is 0 Å². The summed E-state index contributed by atoms with van der Waals surface area (Å²) in [5.41, 5.74) is 0. The fourth-order valence-corrected chi connectivity index (χ4v) is 3.25. The number of nitrogens with one attached hydrogen (secondary N) is 2. The second kappa shape index (κ2) is 20.3. The smallest absolute Gasteiger partial charge is 0.0107 e. The molecule has 0 aliphatic carbocycles. The van der Waals surface area contributed by atoms with Crippen LogP contribution in [0.2, 0.25) is 0 Å². The molecule has 0 radical (unpaired) electrons. The van der Waals surface area contributed by atoms with Crippen LogP contribution in [0.1, 0.15) is 38.5 Å². The fraction of sp³-hybridized carbons (Fsp3) is 1.00. The Morgan fingerprint density at radius 1 is 0.458 bits per heavy atom. The molecular weight excluding hydrogens is 390 g/mol. The van der Waals surface area contributed by atoms with E-state index in [9.17, 15) is 0 Å². The van der Waals surface area contributed by atoms with Crippen molar-refractivity contribution in [3.63, 3.8) is 0 Å². The van der Waals surface area contributed by atoms with E-state index in [0.29, 0.717) is 0 Å². The molecule has 2 heterocycles. The number of nitrogens with zero attached hydrogens (tertiary/aromatic N) is 2. The van der Waals surface area contributed by atoms with Crippen molar-refractivity contribution in [2.24, 2.45) is 0 Å². The van der Waals surface area contributed by atoms with Crippen molar-refractivity contribution in [3.8, 4) is 0 Å². The Morgan fingerprint density at radius 2 is 0.750 bits per heavy atom. The number of hydrogen-bond donors (Lipinski definition) is 2. The molecule has 150 valence electrons. The minimum Gasteiger partial charge on any atom is -0.314 e. The predicted molar refractivity (Wildman–Crippen MR) is 115 cm³/mol. The summed E-state index contributed by atoms with van der Waals surface area (Å²) in [7, 11) is 0. The van der Waals surface area contributed by atoms with Crippen molar-refractivity contribution in [1.82, 2.24) is 20.4 Å². The summed E-state index contributed by atoms with van der Waals surface area (Å²) in [5, 5.41) is 6.83. The highest BCUT2D eigenvalue weighted by atomic mass is 35.5. The lowest BCUT2D eigenvalue weighted by atomic mass is 10.1. The van der Waals surface area contributed by atoms with Crippen LogP contribution >= 0.6 is 49.6 Å². The summed E-state index contributed by atoms with van der Waals surface area (Å²) in [6.07, 6.45) is 8.53. The number of halogens is 4. The lowest BCUT2D eigenvalue weighted by molar-refractivity contribution is 0.232. The van der Waals surface area contributed by atoms with Gasteiger partial charge in [-0.05, 0) is 25.9 Å². The van der Waals surface area contributed by atoms with Crippen molar-refractivity contribution in [3.05, 3.63) is 0 Å². The summed E-state index contributed by atoms with van der Waals surface area (Å²) in [5.74, 6) is 0. The van der Waals surface area contributed by atoms with Crippen LogP contribution < -0.4 is 10.6 Å². The van der Waals surface area contributed by atoms with Crippen molar-refractivity contribution >= 4 is 49.6 Å². The monoisotopic (exact) mass is 426 g/mol.